The van der Waals surface area contributed by atoms with Crippen LogP contribution in [0.4, 0.5) is 5.69 Å². The van der Waals surface area contributed by atoms with Gasteiger partial charge < -0.3 is 5.11 Å². The van der Waals surface area contributed by atoms with Crippen LogP contribution in [0.1, 0.15) is 21.6 Å². The second-order valence-electron chi connectivity index (χ2n) is 4.24. The maximum atomic E-state index is 11.0. The quantitative estimate of drug-likeness (QED) is 0.666. The third-order valence-electron chi connectivity index (χ3n) is 2.92. The van der Waals surface area contributed by atoms with Crippen molar-refractivity contribution in [3.8, 4) is 0 Å². The van der Waals surface area contributed by atoms with Crippen LogP contribution in [-0.2, 0) is 12.8 Å². The molecule has 0 aliphatic heterocycles. The number of aryl methyl sites for hydroxylation is 2. The predicted molar refractivity (Wildman–Crippen MR) is 71.7 cm³/mol. The van der Waals surface area contributed by atoms with Crippen molar-refractivity contribution in [2.75, 3.05) is 0 Å². The summed E-state index contributed by atoms with van der Waals surface area (Å²) < 4.78 is 0. The predicted octanol–water partition coefficient (Wildman–Crippen LogP) is 2.47. The highest BCUT2D eigenvalue weighted by Crippen LogP contribution is 2.15. The molecule has 20 heavy (non-hydrogen) atoms. The van der Waals surface area contributed by atoms with Crippen molar-refractivity contribution >= 4 is 11.7 Å². The Bertz CT molecular complexity index is 638. The molecule has 0 amide bonds. The lowest BCUT2D eigenvalue weighted by Crippen LogP contribution is -2.06. The number of aromatic carboxylic acids is 1. The lowest BCUT2D eigenvalue weighted by molar-refractivity contribution is -0.384. The van der Waals surface area contributed by atoms with Gasteiger partial charge in [0.25, 0.3) is 5.69 Å². The van der Waals surface area contributed by atoms with E-state index in [1.807, 2.05) is 0 Å². The number of nitrogens with zero attached hydrogens (tertiary/aromatic N) is 2. The van der Waals surface area contributed by atoms with Gasteiger partial charge in [-0.15, -0.1) is 0 Å². The third-order valence-corrected chi connectivity index (χ3v) is 2.92. The van der Waals surface area contributed by atoms with Gasteiger partial charge in [-0.25, -0.2) is 9.78 Å². The Morgan fingerprint density at radius 1 is 1.20 bits per heavy atom. The van der Waals surface area contributed by atoms with Gasteiger partial charge in [-0.1, -0.05) is 18.2 Å². The van der Waals surface area contributed by atoms with Gasteiger partial charge >= 0.3 is 5.97 Å². The minimum Gasteiger partial charge on any atom is -0.477 e. The number of nitro groups is 1. The number of hydrogen-bond donors (Lipinski definition) is 1. The van der Waals surface area contributed by atoms with E-state index in [1.165, 1.54) is 18.3 Å². The molecule has 1 heterocycles. The summed E-state index contributed by atoms with van der Waals surface area (Å²) in [5.41, 5.74) is 1.66. The van der Waals surface area contributed by atoms with E-state index in [4.69, 9.17) is 5.11 Å². The molecular formula is C14H12N2O4. The van der Waals surface area contributed by atoms with E-state index < -0.39 is 10.9 Å². The van der Waals surface area contributed by atoms with E-state index >= 15 is 0 Å². The van der Waals surface area contributed by atoms with Gasteiger partial charge in [0.2, 0.25) is 0 Å². The zero-order valence-corrected chi connectivity index (χ0v) is 10.5. The van der Waals surface area contributed by atoms with Crippen LogP contribution < -0.4 is 0 Å². The topological polar surface area (TPSA) is 93.3 Å². The molecule has 102 valence electrons. The van der Waals surface area contributed by atoms with Crippen molar-refractivity contribution in [3.05, 3.63) is 69.5 Å². The fourth-order valence-corrected chi connectivity index (χ4v) is 1.90. The number of aromatic nitrogens is 1. The second-order valence-corrected chi connectivity index (χ2v) is 4.24. The van der Waals surface area contributed by atoms with Crippen molar-refractivity contribution in [2.24, 2.45) is 0 Å². The van der Waals surface area contributed by atoms with Crippen LogP contribution in [0.5, 0.6) is 0 Å². The van der Waals surface area contributed by atoms with Crippen LogP contribution in [0.2, 0.25) is 0 Å². The molecule has 0 aliphatic carbocycles. The highest BCUT2D eigenvalue weighted by Gasteiger charge is 2.11. The largest absolute Gasteiger partial charge is 0.477 e. The van der Waals surface area contributed by atoms with Gasteiger partial charge in [-0.3, -0.25) is 10.1 Å². The van der Waals surface area contributed by atoms with Crippen LogP contribution in [0.3, 0.4) is 0 Å². The van der Waals surface area contributed by atoms with E-state index in [-0.39, 0.29) is 11.4 Å². The molecule has 0 saturated heterocycles. The van der Waals surface area contributed by atoms with Gasteiger partial charge in [0.05, 0.1) is 4.92 Å². The molecule has 0 bridgehead atoms. The first-order valence-electron chi connectivity index (χ1n) is 5.98. The molecule has 1 N–H and O–H groups in total. The first-order valence-corrected chi connectivity index (χ1v) is 5.98. The Morgan fingerprint density at radius 2 is 1.90 bits per heavy atom. The number of non-ortho nitro benzene ring substituents is 1. The van der Waals surface area contributed by atoms with Crippen molar-refractivity contribution in [1.82, 2.24) is 4.98 Å². The number of carbonyl (C=O) groups is 1. The average molecular weight is 272 g/mol. The number of carboxylic acids is 1. The fourth-order valence-electron chi connectivity index (χ4n) is 1.90. The molecule has 0 radical (unpaired) electrons. The number of hydrogen-bond acceptors (Lipinski definition) is 4. The molecule has 6 nitrogen and oxygen atoms in total. The second kappa shape index (κ2) is 5.92. The Hall–Kier alpha value is -2.76. The van der Waals surface area contributed by atoms with Crippen LogP contribution in [0, 0.1) is 10.1 Å². The van der Waals surface area contributed by atoms with Gasteiger partial charge in [0.1, 0.15) is 0 Å². The highest BCUT2D eigenvalue weighted by molar-refractivity contribution is 5.86. The summed E-state index contributed by atoms with van der Waals surface area (Å²) in [5, 5.41) is 19.6. The first-order chi connectivity index (χ1) is 9.58. The zero-order valence-electron chi connectivity index (χ0n) is 10.5. The summed E-state index contributed by atoms with van der Waals surface area (Å²) in [6, 6.07) is 9.65. The lowest BCUT2D eigenvalue weighted by Gasteiger charge is -2.05. The summed E-state index contributed by atoms with van der Waals surface area (Å²) in [6.45, 7) is 0. The molecule has 0 saturated carbocycles. The zero-order chi connectivity index (χ0) is 14.5. The molecule has 0 spiro atoms. The fraction of sp³-hybridized carbons (Fsp3) is 0.143. The first kappa shape index (κ1) is 13.7. The van der Waals surface area contributed by atoms with E-state index in [0.717, 1.165) is 5.56 Å². The maximum absolute atomic E-state index is 11.0. The summed E-state index contributed by atoms with van der Waals surface area (Å²) >= 11 is 0. The number of benzene rings is 1. The third kappa shape index (κ3) is 3.17. The molecule has 1 aromatic heterocycles. The van der Waals surface area contributed by atoms with Crippen molar-refractivity contribution in [3.63, 3.8) is 0 Å². The van der Waals surface area contributed by atoms with Crippen LogP contribution >= 0.6 is 0 Å². The average Bonchev–Trinajstić information content (AvgIpc) is 2.45. The summed E-state index contributed by atoms with van der Waals surface area (Å²) in [4.78, 5) is 24.9. The van der Waals surface area contributed by atoms with Crippen molar-refractivity contribution < 1.29 is 14.8 Å². The maximum Gasteiger partial charge on any atom is 0.354 e. The van der Waals surface area contributed by atoms with E-state index in [2.05, 4.69) is 4.98 Å². The molecule has 2 aromatic rings. The molecule has 0 fully saturated rings. The normalized spacial score (nSPS) is 10.2. The number of rotatable bonds is 5. The molecule has 2 rings (SSSR count). The van der Waals surface area contributed by atoms with E-state index in [0.29, 0.717) is 18.4 Å². The van der Waals surface area contributed by atoms with Crippen molar-refractivity contribution in [1.29, 1.82) is 0 Å². The monoisotopic (exact) mass is 272 g/mol. The summed E-state index contributed by atoms with van der Waals surface area (Å²) in [6.07, 6.45) is 2.57. The Kier molecular flexibility index (Phi) is 4.05. The van der Waals surface area contributed by atoms with Gasteiger partial charge in [-0.05, 0) is 30.0 Å². The Morgan fingerprint density at radius 3 is 2.50 bits per heavy atom. The van der Waals surface area contributed by atoms with Gasteiger partial charge in [0.15, 0.2) is 5.69 Å². The minimum atomic E-state index is -1.05. The molecule has 1 aromatic carbocycles. The van der Waals surface area contributed by atoms with E-state index in [1.54, 1.807) is 24.3 Å². The van der Waals surface area contributed by atoms with Crippen LogP contribution in [-0.4, -0.2) is 21.0 Å². The van der Waals surface area contributed by atoms with Crippen molar-refractivity contribution in [2.45, 2.75) is 12.8 Å². The summed E-state index contributed by atoms with van der Waals surface area (Å²) in [7, 11) is 0. The highest BCUT2D eigenvalue weighted by atomic mass is 16.6. The Labute approximate surface area is 114 Å². The lowest BCUT2D eigenvalue weighted by atomic mass is 10.0. The van der Waals surface area contributed by atoms with Crippen LogP contribution in [0.25, 0.3) is 0 Å². The van der Waals surface area contributed by atoms with Crippen LogP contribution in [0.15, 0.2) is 42.6 Å². The molecule has 6 heteroatoms. The number of nitro benzene ring substituents is 1. The summed E-state index contributed by atoms with van der Waals surface area (Å²) in [5.74, 6) is -1.05. The number of pyridine rings is 1. The standard InChI is InChI=1S/C14H12N2O4/c17-14(18)13-11(2-1-9-15-13)6-3-10-4-7-12(8-5-10)16(19)20/h1-2,4-5,7-9H,3,6H2,(H,17,18). The minimum absolute atomic E-state index is 0.0429. The van der Waals surface area contributed by atoms with E-state index in [9.17, 15) is 14.9 Å². The molecule has 0 unspecified atom stereocenters. The van der Waals surface area contributed by atoms with Gasteiger partial charge in [0, 0.05) is 18.3 Å². The smallest absolute Gasteiger partial charge is 0.354 e. The molecule has 0 atom stereocenters. The Balaban J connectivity index is 2.09. The van der Waals surface area contributed by atoms with Gasteiger partial charge in [-0.2, -0.15) is 0 Å². The molecule has 0 aliphatic rings. The molecular weight excluding hydrogens is 260 g/mol. The SMILES string of the molecule is O=C(O)c1ncccc1CCc1ccc([N+](=O)[O-])cc1. The number of carboxylic acid groups (broad SMARTS) is 1.